The first-order valence-corrected chi connectivity index (χ1v) is 7.63. The lowest BCUT2D eigenvalue weighted by Crippen LogP contribution is -2.11. The van der Waals surface area contributed by atoms with Crippen LogP contribution in [-0.4, -0.2) is 5.84 Å². The van der Waals surface area contributed by atoms with Crippen LogP contribution in [0.15, 0.2) is 71.8 Å². The largest absolute Gasteiger partial charge is 0.387 e. The zero-order chi connectivity index (χ0) is 16.4. The molecule has 0 amide bonds. The SMILES string of the molecule is C=Cc1cccc(-c2ccc3c(c2)N=C(N)CC(C(=C)C)=C3)c1. The number of benzene rings is 2. The van der Waals surface area contributed by atoms with Gasteiger partial charge in [0.2, 0.25) is 0 Å². The molecule has 114 valence electrons. The summed E-state index contributed by atoms with van der Waals surface area (Å²) in [6.45, 7) is 9.85. The zero-order valence-electron chi connectivity index (χ0n) is 13.3. The van der Waals surface area contributed by atoms with Gasteiger partial charge in [-0.2, -0.15) is 0 Å². The van der Waals surface area contributed by atoms with Gasteiger partial charge in [0.1, 0.15) is 5.84 Å². The molecule has 3 rings (SSSR count). The molecule has 2 heteroatoms. The molecule has 0 atom stereocenters. The molecule has 1 heterocycles. The molecule has 0 aliphatic carbocycles. The summed E-state index contributed by atoms with van der Waals surface area (Å²) in [5, 5.41) is 0. The summed E-state index contributed by atoms with van der Waals surface area (Å²) >= 11 is 0. The highest BCUT2D eigenvalue weighted by Crippen LogP contribution is 2.33. The van der Waals surface area contributed by atoms with Crippen molar-refractivity contribution in [3.8, 4) is 11.1 Å². The van der Waals surface area contributed by atoms with Crippen LogP contribution < -0.4 is 5.73 Å². The van der Waals surface area contributed by atoms with Gasteiger partial charge >= 0.3 is 0 Å². The Bertz CT molecular complexity index is 854. The lowest BCUT2D eigenvalue weighted by Gasteiger charge is -2.07. The summed E-state index contributed by atoms with van der Waals surface area (Å²) in [5.74, 6) is 0.620. The molecule has 0 saturated carbocycles. The Balaban J connectivity index is 2.10. The predicted octanol–water partition coefficient (Wildman–Crippen LogP) is 5.35. The van der Waals surface area contributed by atoms with E-state index >= 15 is 0 Å². The van der Waals surface area contributed by atoms with Crippen LogP contribution in [0.4, 0.5) is 5.69 Å². The molecule has 0 fully saturated rings. The number of amidine groups is 1. The first-order chi connectivity index (χ1) is 11.1. The fourth-order valence-electron chi connectivity index (χ4n) is 2.69. The number of rotatable bonds is 3. The fourth-order valence-corrected chi connectivity index (χ4v) is 2.69. The molecule has 1 aliphatic rings. The van der Waals surface area contributed by atoms with Crippen molar-refractivity contribution < 1.29 is 0 Å². The van der Waals surface area contributed by atoms with Gasteiger partial charge in [0.15, 0.2) is 0 Å². The highest BCUT2D eigenvalue weighted by Gasteiger charge is 2.11. The number of fused-ring (bicyclic) bond motifs is 1. The maximum atomic E-state index is 6.07. The van der Waals surface area contributed by atoms with Gasteiger partial charge in [-0.25, -0.2) is 4.99 Å². The van der Waals surface area contributed by atoms with E-state index in [0.717, 1.165) is 39.1 Å². The Morgan fingerprint density at radius 3 is 2.70 bits per heavy atom. The van der Waals surface area contributed by atoms with Crippen molar-refractivity contribution in [2.45, 2.75) is 13.3 Å². The first-order valence-electron chi connectivity index (χ1n) is 7.63. The molecule has 0 saturated heterocycles. The number of aliphatic imine (C=N–C) groups is 1. The fraction of sp³-hybridized carbons (Fsp3) is 0.0952. The maximum absolute atomic E-state index is 6.07. The summed E-state index contributed by atoms with van der Waals surface area (Å²) in [6, 6.07) is 14.6. The number of hydrogen-bond donors (Lipinski definition) is 1. The van der Waals surface area contributed by atoms with Crippen LogP contribution in [0, 0.1) is 0 Å². The minimum absolute atomic E-state index is 0.620. The zero-order valence-corrected chi connectivity index (χ0v) is 13.3. The molecular formula is C21H20N2. The van der Waals surface area contributed by atoms with Crippen LogP contribution in [0.3, 0.4) is 0 Å². The molecule has 0 radical (unpaired) electrons. The third-order valence-electron chi connectivity index (χ3n) is 4.00. The predicted molar refractivity (Wildman–Crippen MR) is 101 cm³/mol. The van der Waals surface area contributed by atoms with E-state index < -0.39 is 0 Å². The van der Waals surface area contributed by atoms with E-state index in [1.807, 2.05) is 25.1 Å². The standard InChI is InChI=1S/C21H20N2/c1-4-15-6-5-7-16(10-15)17-8-9-18-11-19(14(2)3)13-21(22)23-20(18)12-17/h4-12H,1-2,13H2,3H3,(H2,22,23). The number of hydrogen-bond acceptors (Lipinski definition) is 2. The topological polar surface area (TPSA) is 38.4 Å². The normalized spacial score (nSPS) is 13.4. The monoisotopic (exact) mass is 300 g/mol. The summed E-state index contributed by atoms with van der Waals surface area (Å²) in [7, 11) is 0. The van der Waals surface area contributed by atoms with Crippen molar-refractivity contribution >= 4 is 23.7 Å². The van der Waals surface area contributed by atoms with Gasteiger partial charge in [-0.05, 0) is 47.4 Å². The van der Waals surface area contributed by atoms with E-state index in [1.165, 1.54) is 0 Å². The van der Waals surface area contributed by atoms with E-state index in [2.05, 4.69) is 54.6 Å². The van der Waals surface area contributed by atoms with Gasteiger partial charge in [0.05, 0.1) is 5.69 Å². The van der Waals surface area contributed by atoms with Crippen molar-refractivity contribution in [1.82, 2.24) is 0 Å². The average Bonchev–Trinajstić information content (AvgIpc) is 2.72. The maximum Gasteiger partial charge on any atom is 0.104 e. The molecule has 2 aromatic carbocycles. The molecule has 0 aromatic heterocycles. The van der Waals surface area contributed by atoms with Crippen LogP contribution in [-0.2, 0) is 0 Å². The lowest BCUT2D eigenvalue weighted by molar-refractivity contribution is 1.25. The molecule has 2 nitrogen and oxygen atoms in total. The molecule has 0 spiro atoms. The second-order valence-corrected chi connectivity index (χ2v) is 5.83. The molecule has 0 bridgehead atoms. The van der Waals surface area contributed by atoms with Crippen molar-refractivity contribution in [3.05, 3.63) is 77.9 Å². The third-order valence-corrected chi connectivity index (χ3v) is 4.00. The minimum Gasteiger partial charge on any atom is -0.387 e. The Morgan fingerprint density at radius 1 is 1.17 bits per heavy atom. The van der Waals surface area contributed by atoms with Crippen molar-refractivity contribution in [2.24, 2.45) is 10.7 Å². The van der Waals surface area contributed by atoms with E-state index in [9.17, 15) is 0 Å². The molecular weight excluding hydrogens is 280 g/mol. The third kappa shape index (κ3) is 3.16. The van der Waals surface area contributed by atoms with Crippen LogP contribution in [0.25, 0.3) is 23.3 Å². The van der Waals surface area contributed by atoms with Gasteiger partial charge in [0, 0.05) is 12.0 Å². The Labute approximate surface area is 137 Å². The Morgan fingerprint density at radius 2 is 1.96 bits per heavy atom. The van der Waals surface area contributed by atoms with Gasteiger partial charge < -0.3 is 5.73 Å². The average molecular weight is 300 g/mol. The lowest BCUT2D eigenvalue weighted by atomic mass is 9.98. The second-order valence-electron chi connectivity index (χ2n) is 5.83. The van der Waals surface area contributed by atoms with Crippen LogP contribution in [0.1, 0.15) is 24.5 Å². The smallest absolute Gasteiger partial charge is 0.104 e. The number of nitrogens with zero attached hydrogens (tertiary/aromatic N) is 1. The van der Waals surface area contributed by atoms with Crippen molar-refractivity contribution in [3.63, 3.8) is 0 Å². The molecule has 2 N–H and O–H groups in total. The highest BCUT2D eigenvalue weighted by molar-refractivity contribution is 5.92. The van der Waals surface area contributed by atoms with E-state index in [-0.39, 0.29) is 0 Å². The van der Waals surface area contributed by atoms with Gasteiger partial charge in [0.25, 0.3) is 0 Å². The van der Waals surface area contributed by atoms with E-state index in [1.54, 1.807) is 0 Å². The van der Waals surface area contributed by atoms with Crippen LogP contribution in [0.5, 0.6) is 0 Å². The summed E-state index contributed by atoms with van der Waals surface area (Å²) < 4.78 is 0. The van der Waals surface area contributed by atoms with Crippen LogP contribution >= 0.6 is 0 Å². The first kappa shape index (κ1) is 15.0. The molecule has 1 aliphatic heterocycles. The Hall–Kier alpha value is -2.87. The van der Waals surface area contributed by atoms with E-state index in [4.69, 9.17) is 5.73 Å². The molecule has 0 unspecified atom stereocenters. The van der Waals surface area contributed by atoms with Gasteiger partial charge in [-0.1, -0.05) is 55.1 Å². The second kappa shape index (κ2) is 6.09. The molecule has 23 heavy (non-hydrogen) atoms. The summed E-state index contributed by atoms with van der Waals surface area (Å²) in [5.41, 5.74) is 13.6. The van der Waals surface area contributed by atoms with E-state index in [0.29, 0.717) is 12.3 Å². The van der Waals surface area contributed by atoms with Gasteiger partial charge in [-0.15, -0.1) is 0 Å². The quantitative estimate of drug-likeness (QED) is 0.815. The molecule has 2 aromatic rings. The van der Waals surface area contributed by atoms with Gasteiger partial charge in [-0.3, -0.25) is 0 Å². The number of allylic oxidation sites excluding steroid dienone is 1. The van der Waals surface area contributed by atoms with Crippen molar-refractivity contribution in [2.75, 3.05) is 0 Å². The van der Waals surface area contributed by atoms with Crippen LogP contribution in [0.2, 0.25) is 0 Å². The number of nitrogens with two attached hydrogens (primary N) is 1. The summed E-state index contributed by atoms with van der Waals surface area (Å²) in [4.78, 5) is 4.58. The Kier molecular flexibility index (Phi) is 3.98. The minimum atomic E-state index is 0.620. The van der Waals surface area contributed by atoms with Crippen molar-refractivity contribution in [1.29, 1.82) is 0 Å². The highest BCUT2D eigenvalue weighted by atomic mass is 14.9. The summed E-state index contributed by atoms with van der Waals surface area (Å²) in [6.07, 6.45) is 4.63.